The lowest BCUT2D eigenvalue weighted by Gasteiger charge is -2.09. The van der Waals surface area contributed by atoms with Gasteiger partial charge in [0.2, 0.25) is 0 Å². The summed E-state index contributed by atoms with van der Waals surface area (Å²) in [5, 5.41) is 0. The van der Waals surface area contributed by atoms with Crippen molar-refractivity contribution < 1.29 is 0 Å². The van der Waals surface area contributed by atoms with Gasteiger partial charge < -0.3 is 5.73 Å². The number of hydrogen-bond acceptors (Lipinski definition) is 4. The monoisotopic (exact) mass is 228 g/mol. The summed E-state index contributed by atoms with van der Waals surface area (Å²) in [6.07, 6.45) is 6.10. The predicted molar refractivity (Wildman–Crippen MR) is 66.4 cm³/mol. The van der Waals surface area contributed by atoms with E-state index in [2.05, 4.69) is 15.0 Å². The third kappa shape index (κ3) is 2.85. The quantitative estimate of drug-likeness (QED) is 0.869. The minimum atomic E-state index is -0.0232. The lowest BCUT2D eigenvalue weighted by Crippen LogP contribution is -2.10. The molecule has 0 aliphatic carbocycles. The Kier molecular flexibility index (Phi) is 3.44. The van der Waals surface area contributed by atoms with Gasteiger partial charge in [-0.2, -0.15) is 0 Å². The largest absolute Gasteiger partial charge is 0.324 e. The maximum Gasteiger partial charge on any atom is 0.132 e. The molecule has 0 saturated carbocycles. The van der Waals surface area contributed by atoms with E-state index >= 15 is 0 Å². The van der Waals surface area contributed by atoms with Crippen LogP contribution in [0.5, 0.6) is 0 Å². The number of aryl methyl sites for hydroxylation is 1. The first-order chi connectivity index (χ1) is 8.16. The Balaban J connectivity index is 2.21. The summed E-state index contributed by atoms with van der Waals surface area (Å²) in [4.78, 5) is 12.8. The van der Waals surface area contributed by atoms with Crippen molar-refractivity contribution >= 4 is 0 Å². The van der Waals surface area contributed by atoms with Crippen LogP contribution in [-0.2, 0) is 6.42 Å². The van der Waals surface area contributed by atoms with Gasteiger partial charge in [0.25, 0.3) is 0 Å². The number of rotatable bonds is 3. The van der Waals surface area contributed by atoms with E-state index < -0.39 is 0 Å². The molecule has 0 fully saturated rings. The average molecular weight is 228 g/mol. The Morgan fingerprint density at radius 2 is 2.00 bits per heavy atom. The van der Waals surface area contributed by atoms with E-state index in [4.69, 9.17) is 5.73 Å². The van der Waals surface area contributed by atoms with Gasteiger partial charge >= 0.3 is 0 Å². The minimum Gasteiger partial charge on any atom is -0.324 e. The Bertz CT molecular complexity index is 494. The number of aromatic nitrogens is 3. The van der Waals surface area contributed by atoms with Gasteiger partial charge in [0.15, 0.2) is 0 Å². The lowest BCUT2D eigenvalue weighted by molar-refractivity contribution is 0.776. The second-order valence-corrected chi connectivity index (χ2v) is 4.15. The molecule has 17 heavy (non-hydrogen) atoms. The number of pyridine rings is 1. The first-order valence-electron chi connectivity index (χ1n) is 5.63. The van der Waals surface area contributed by atoms with Crippen molar-refractivity contribution in [3.63, 3.8) is 0 Å². The van der Waals surface area contributed by atoms with Crippen LogP contribution in [-0.4, -0.2) is 15.0 Å². The van der Waals surface area contributed by atoms with Gasteiger partial charge in [-0.25, -0.2) is 9.97 Å². The molecule has 0 spiro atoms. The summed E-state index contributed by atoms with van der Waals surface area (Å²) in [7, 11) is 0. The molecular formula is C13H16N4. The summed E-state index contributed by atoms with van der Waals surface area (Å²) in [5.41, 5.74) is 8.95. The highest BCUT2D eigenvalue weighted by atomic mass is 14.9. The van der Waals surface area contributed by atoms with Crippen LogP contribution in [0.1, 0.15) is 35.6 Å². The molecule has 0 bridgehead atoms. The SMILES string of the molecule is Cc1nc(Cc2ccncc2)ncc1[C@@H](C)N. The maximum atomic E-state index is 5.83. The molecule has 0 aliphatic rings. The fourth-order valence-corrected chi connectivity index (χ4v) is 1.74. The molecular weight excluding hydrogens is 212 g/mol. The molecule has 1 atom stereocenters. The summed E-state index contributed by atoms with van der Waals surface area (Å²) in [6.45, 7) is 3.91. The normalized spacial score (nSPS) is 12.4. The molecule has 0 saturated heterocycles. The molecule has 2 aromatic rings. The molecule has 2 aromatic heterocycles. The summed E-state index contributed by atoms with van der Waals surface area (Å²) >= 11 is 0. The van der Waals surface area contributed by atoms with E-state index in [0.29, 0.717) is 0 Å². The molecule has 4 nitrogen and oxygen atoms in total. The van der Waals surface area contributed by atoms with Gasteiger partial charge in [-0.1, -0.05) is 0 Å². The zero-order valence-corrected chi connectivity index (χ0v) is 10.1. The second-order valence-electron chi connectivity index (χ2n) is 4.15. The van der Waals surface area contributed by atoms with Crippen molar-refractivity contribution in [2.45, 2.75) is 26.3 Å². The van der Waals surface area contributed by atoms with Gasteiger partial charge in [-0.05, 0) is 31.5 Å². The van der Waals surface area contributed by atoms with Crippen LogP contribution in [0, 0.1) is 6.92 Å². The van der Waals surface area contributed by atoms with E-state index in [0.717, 1.165) is 29.1 Å². The fourth-order valence-electron chi connectivity index (χ4n) is 1.74. The fraction of sp³-hybridized carbons (Fsp3) is 0.308. The molecule has 0 amide bonds. The van der Waals surface area contributed by atoms with Crippen LogP contribution >= 0.6 is 0 Å². The lowest BCUT2D eigenvalue weighted by atomic mass is 10.1. The summed E-state index contributed by atoms with van der Waals surface area (Å²) < 4.78 is 0. The molecule has 0 aromatic carbocycles. The molecule has 88 valence electrons. The molecule has 2 heterocycles. The first kappa shape index (κ1) is 11.7. The Hall–Kier alpha value is -1.81. The average Bonchev–Trinajstić information content (AvgIpc) is 2.30. The number of nitrogens with zero attached hydrogens (tertiary/aromatic N) is 3. The zero-order valence-electron chi connectivity index (χ0n) is 10.1. The van der Waals surface area contributed by atoms with Crippen LogP contribution in [0.2, 0.25) is 0 Å². The number of nitrogens with two attached hydrogens (primary N) is 1. The molecule has 2 N–H and O–H groups in total. The van der Waals surface area contributed by atoms with E-state index in [1.165, 1.54) is 0 Å². The van der Waals surface area contributed by atoms with Crippen molar-refractivity contribution in [3.8, 4) is 0 Å². The van der Waals surface area contributed by atoms with Crippen molar-refractivity contribution in [1.29, 1.82) is 0 Å². The summed E-state index contributed by atoms with van der Waals surface area (Å²) in [6, 6.07) is 3.92. The highest BCUT2D eigenvalue weighted by molar-refractivity contribution is 5.22. The predicted octanol–water partition coefficient (Wildman–Crippen LogP) is 1.79. The summed E-state index contributed by atoms with van der Waals surface area (Å²) in [5.74, 6) is 0.818. The minimum absolute atomic E-state index is 0.0232. The van der Waals surface area contributed by atoms with Gasteiger partial charge in [0, 0.05) is 42.3 Å². The van der Waals surface area contributed by atoms with Crippen LogP contribution in [0.3, 0.4) is 0 Å². The van der Waals surface area contributed by atoms with Crippen LogP contribution < -0.4 is 5.73 Å². The van der Waals surface area contributed by atoms with E-state index in [1.54, 1.807) is 12.4 Å². The van der Waals surface area contributed by atoms with Crippen molar-refractivity contribution in [2.75, 3.05) is 0 Å². The van der Waals surface area contributed by atoms with Crippen molar-refractivity contribution in [3.05, 3.63) is 53.4 Å². The highest BCUT2D eigenvalue weighted by Gasteiger charge is 2.07. The van der Waals surface area contributed by atoms with Crippen LogP contribution in [0.15, 0.2) is 30.7 Å². The molecule has 2 rings (SSSR count). The third-order valence-electron chi connectivity index (χ3n) is 2.67. The maximum absolute atomic E-state index is 5.83. The number of hydrogen-bond donors (Lipinski definition) is 1. The van der Waals surface area contributed by atoms with E-state index in [9.17, 15) is 0 Å². The standard InChI is InChI=1S/C13H16N4/c1-9(14)12-8-16-13(17-10(12)2)7-11-3-5-15-6-4-11/h3-6,8-9H,7,14H2,1-2H3/t9-/m1/s1. The Morgan fingerprint density at radius 3 is 2.59 bits per heavy atom. The van der Waals surface area contributed by atoms with Crippen LogP contribution in [0.4, 0.5) is 0 Å². The van der Waals surface area contributed by atoms with Crippen molar-refractivity contribution in [2.24, 2.45) is 5.73 Å². The first-order valence-corrected chi connectivity index (χ1v) is 5.63. The molecule has 4 heteroatoms. The Labute approximate surface area is 101 Å². The van der Waals surface area contributed by atoms with Crippen LogP contribution in [0.25, 0.3) is 0 Å². The van der Waals surface area contributed by atoms with Gasteiger partial charge in [-0.15, -0.1) is 0 Å². The third-order valence-corrected chi connectivity index (χ3v) is 2.67. The van der Waals surface area contributed by atoms with Gasteiger partial charge in [0.05, 0.1) is 0 Å². The van der Waals surface area contributed by atoms with Gasteiger partial charge in [-0.3, -0.25) is 4.98 Å². The smallest absolute Gasteiger partial charge is 0.132 e. The second kappa shape index (κ2) is 5.01. The zero-order chi connectivity index (χ0) is 12.3. The van der Waals surface area contributed by atoms with E-state index in [-0.39, 0.29) is 6.04 Å². The topological polar surface area (TPSA) is 64.7 Å². The molecule has 0 radical (unpaired) electrons. The van der Waals surface area contributed by atoms with E-state index in [1.807, 2.05) is 32.2 Å². The Morgan fingerprint density at radius 1 is 1.29 bits per heavy atom. The molecule has 0 aliphatic heterocycles. The van der Waals surface area contributed by atoms with Crippen molar-refractivity contribution in [1.82, 2.24) is 15.0 Å². The molecule has 0 unspecified atom stereocenters. The van der Waals surface area contributed by atoms with Gasteiger partial charge in [0.1, 0.15) is 5.82 Å². The highest BCUT2D eigenvalue weighted by Crippen LogP contribution is 2.13.